The number of nitrogens with zero attached hydrogens (tertiary/aromatic N) is 1. The summed E-state index contributed by atoms with van der Waals surface area (Å²) in [7, 11) is 0. The van der Waals surface area contributed by atoms with Gasteiger partial charge < -0.3 is 12.9 Å². The first-order chi connectivity index (χ1) is 5.49. The summed E-state index contributed by atoms with van der Waals surface area (Å²) >= 11 is 0. The van der Waals surface area contributed by atoms with E-state index in [9.17, 15) is 12.9 Å². The van der Waals surface area contributed by atoms with Gasteiger partial charge in [-0.05, 0) is 13.0 Å². The van der Waals surface area contributed by atoms with Gasteiger partial charge in [0.25, 0.3) is 0 Å². The summed E-state index contributed by atoms with van der Waals surface area (Å²) in [6.45, 7) is -3.16. The molecule has 0 aliphatic heterocycles. The van der Waals surface area contributed by atoms with Crippen LogP contribution in [0.2, 0.25) is 0 Å². The molecule has 0 spiro atoms. The Hall–Kier alpha value is 0.641. The molecule has 0 bridgehead atoms. The number of hydrogen-bond donors (Lipinski definition) is 0. The molecule has 13 heavy (non-hydrogen) atoms. The number of pyridine rings is 1. The number of aromatic nitrogens is 1. The van der Waals surface area contributed by atoms with E-state index in [1.54, 1.807) is 6.92 Å². The normalized spacial score (nSPS) is 10.8. The van der Waals surface area contributed by atoms with Crippen LogP contribution in [0.25, 0.3) is 0 Å². The van der Waals surface area contributed by atoms with E-state index in [1.807, 2.05) is 0 Å². The molecule has 0 N–H and O–H groups in total. The molecule has 0 aliphatic rings. The Kier molecular flexibility index (Phi) is 5.78. The molecule has 6 heteroatoms. The van der Waals surface area contributed by atoms with E-state index >= 15 is 0 Å². The van der Waals surface area contributed by atoms with Crippen LogP contribution in [0.4, 0.5) is 12.9 Å². The fourth-order valence-corrected chi connectivity index (χ4v) is 0.983. The second kappa shape index (κ2) is 5.50. The zero-order valence-corrected chi connectivity index (χ0v) is 10.7. The quantitative estimate of drug-likeness (QED) is 0.593. The van der Waals surface area contributed by atoms with Gasteiger partial charge in [-0.2, -0.15) is 0 Å². The monoisotopic (exact) mass is 213 g/mol. The molecular formula is C7H8BF3KN. The minimum Gasteiger partial charge on any atom is -0.449 e. The van der Waals surface area contributed by atoms with Crippen LogP contribution in [0.1, 0.15) is 11.3 Å². The Balaban J connectivity index is 0.00000144. The van der Waals surface area contributed by atoms with Crippen molar-refractivity contribution in [1.29, 1.82) is 0 Å². The first-order valence-electron chi connectivity index (χ1n) is 3.60. The SMILES string of the molecule is Cc1ncccc1C[B-](F)(F)F.[K+]. The average molecular weight is 213 g/mol. The van der Waals surface area contributed by atoms with Gasteiger partial charge >= 0.3 is 58.4 Å². The third-order valence-corrected chi connectivity index (χ3v) is 1.57. The number of halogens is 3. The molecule has 1 rings (SSSR count). The molecule has 0 fully saturated rings. The molecule has 0 unspecified atom stereocenters. The van der Waals surface area contributed by atoms with Crippen molar-refractivity contribution in [1.82, 2.24) is 4.98 Å². The average Bonchev–Trinajstić information content (AvgIpc) is 1.91. The van der Waals surface area contributed by atoms with Crippen LogP contribution < -0.4 is 51.4 Å². The summed E-state index contributed by atoms with van der Waals surface area (Å²) in [6, 6.07) is 2.97. The maximum Gasteiger partial charge on any atom is 1.00 e. The van der Waals surface area contributed by atoms with E-state index < -0.39 is 13.3 Å². The fourth-order valence-electron chi connectivity index (χ4n) is 0.983. The van der Waals surface area contributed by atoms with Crippen molar-refractivity contribution < 1.29 is 64.3 Å². The van der Waals surface area contributed by atoms with Gasteiger partial charge in [0.05, 0.1) is 0 Å². The van der Waals surface area contributed by atoms with E-state index in [0.29, 0.717) is 5.69 Å². The van der Waals surface area contributed by atoms with Crippen molar-refractivity contribution in [3.8, 4) is 0 Å². The first kappa shape index (κ1) is 13.6. The van der Waals surface area contributed by atoms with Crippen molar-refractivity contribution in [2.75, 3.05) is 0 Å². The van der Waals surface area contributed by atoms with Gasteiger partial charge in [-0.1, -0.05) is 17.9 Å². The van der Waals surface area contributed by atoms with Crippen LogP contribution >= 0.6 is 0 Å². The topological polar surface area (TPSA) is 12.9 Å². The second-order valence-corrected chi connectivity index (χ2v) is 2.66. The van der Waals surface area contributed by atoms with Gasteiger partial charge in [-0.3, -0.25) is 4.98 Å². The van der Waals surface area contributed by atoms with Crippen molar-refractivity contribution in [2.24, 2.45) is 0 Å². The largest absolute Gasteiger partial charge is 1.00 e. The maximum atomic E-state index is 12.0. The predicted molar refractivity (Wildman–Crippen MR) is 41.8 cm³/mol. The number of hydrogen-bond acceptors (Lipinski definition) is 1. The predicted octanol–water partition coefficient (Wildman–Crippen LogP) is -0.677. The van der Waals surface area contributed by atoms with E-state index in [1.165, 1.54) is 18.3 Å². The van der Waals surface area contributed by atoms with Gasteiger partial charge in [-0.15, -0.1) is 0 Å². The molecule has 0 atom stereocenters. The Morgan fingerprint density at radius 1 is 1.38 bits per heavy atom. The molecule has 0 aromatic carbocycles. The van der Waals surface area contributed by atoms with Crippen molar-refractivity contribution in [3.63, 3.8) is 0 Å². The van der Waals surface area contributed by atoms with Crippen LogP contribution in [-0.2, 0) is 6.32 Å². The summed E-state index contributed by atoms with van der Waals surface area (Å²) < 4.78 is 35.9. The molecule has 0 saturated heterocycles. The maximum absolute atomic E-state index is 12.0. The van der Waals surface area contributed by atoms with Crippen molar-refractivity contribution >= 4 is 6.98 Å². The smallest absolute Gasteiger partial charge is 0.449 e. The minimum atomic E-state index is -4.74. The van der Waals surface area contributed by atoms with E-state index in [4.69, 9.17) is 0 Å². The third-order valence-electron chi connectivity index (χ3n) is 1.57. The van der Waals surface area contributed by atoms with Crippen LogP contribution in [0.5, 0.6) is 0 Å². The van der Waals surface area contributed by atoms with Gasteiger partial charge in [0.2, 0.25) is 0 Å². The summed E-state index contributed by atoms with van der Waals surface area (Å²) in [5.74, 6) is 0. The molecule has 0 aliphatic carbocycles. The third kappa shape index (κ3) is 5.17. The van der Waals surface area contributed by atoms with Crippen molar-refractivity contribution in [2.45, 2.75) is 13.2 Å². The molecule has 0 radical (unpaired) electrons. The summed E-state index contributed by atoms with van der Waals surface area (Å²) in [6.07, 6.45) is 0.655. The molecule has 66 valence electrons. The zero-order valence-electron chi connectivity index (χ0n) is 7.60. The fraction of sp³-hybridized carbons (Fsp3) is 0.286. The van der Waals surface area contributed by atoms with Crippen molar-refractivity contribution in [3.05, 3.63) is 29.6 Å². The van der Waals surface area contributed by atoms with Gasteiger partial charge in [0.15, 0.2) is 0 Å². The molecule has 1 nitrogen and oxygen atoms in total. The van der Waals surface area contributed by atoms with Crippen LogP contribution in [0.15, 0.2) is 18.3 Å². The molecule has 1 aromatic rings. The Morgan fingerprint density at radius 2 is 2.00 bits per heavy atom. The first-order valence-corrected chi connectivity index (χ1v) is 3.60. The standard InChI is InChI=1S/C7H8BF3N.K/c1-6-7(3-2-4-12-6)5-8(9,10)11;/h2-4H,5H2,1H3;/q-1;+1. The van der Waals surface area contributed by atoms with E-state index in [2.05, 4.69) is 4.98 Å². The minimum absolute atomic E-state index is 0. The molecular weight excluding hydrogens is 205 g/mol. The number of rotatable bonds is 2. The summed E-state index contributed by atoms with van der Waals surface area (Å²) in [4.78, 5) is 3.77. The summed E-state index contributed by atoms with van der Waals surface area (Å²) in [5.41, 5.74) is 0.724. The second-order valence-electron chi connectivity index (χ2n) is 2.66. The molecule has 0 amide bonds. The van der Waals surface area contributed by atoms with E-state index in [-0.39, 0.29) is 56.9 Å². The van der Waals surface area contributed by atoms with Gasteiger partial charge in [-0.25, -0.2) is 0 Å². The Bertz CT molecular complexity index is 277. The molecule has 1 heterocycles. The Morgan fingerprint density at radius 3 is 2.46 bits per heavy atom. The molecule has 1 aromatic heterocycles. The zero-order chi connectivity index (χ0) is 9.19. The summed E-state index contributed by atoms with van der Waals surface area (Å²) in [5, 5.41) is 0. The van der Waals surface area contributed by atoms with Gasteiger partial charge in [0.1, 0.15) is 0 Å². The number of aryl methyl sites for hydroxylation is 1. The van der Waals surface area contributed by atoms with Crippen LogP contribution in [0.3, 0.4) is 0 Å². The Labute approximate surface area is 118 Å². The van der Waals surface area contributed by atoms with E-state index in [0.717, 1.165) is 0 Å². The van der Waals surface area contributed by atoms with Gasteiger partial charge in [0, 0.05) is 11.9 Å². The van der Waals surface area contributed by atoms with Crippen LogP contribution in [-0.4, -0.2) is 12.0 Å². The molecule has 0 saturated carbocycles. The van der Waals surface area contributed by atoms with Crippen LogP contribution in [0, 0.1) is 6.92 Å².